The fourth-order valence-electron chi connectivity index (χ4n) is 3.46. The zero-order valence-electron chi connectivity index (χ0n) is 11.1. The van der Waals surface area contributed by atoms with Gasteiger partial charge in [-0.2, -0.15) is 4.31 Å². The molecule has 0 radical (unpaired) electrons. The molecule has 110 valence electrons. The average Bonchev–Trinajstić information content (AvgIpc) is 2.86. The molecular formula is C14H17Br2NO2S. The fourth-order valence-corrected chi connectivity index (χ4v) is 6.66. The Hall–Kier alpha value is 0.0900. The van der Waals surface area contributed by atoms with Crippen molar-refractivity contribution in [3.8, 4) is 0 Å². The number of halogens is 2. The molecule has 2 atom stereocenters. The van der Waals surface area contributed by atoms with Crippen LogP contribution in [-0.4, -0.2) is 25.3 Å². The van der Waals surface area contributed by atoms with Gasteiger partial charge in [0, 0.05) is 21.5 Å². The van der Waals surface area contributed by atoms with Crippen LogP contribution >= 0.6 is 31.9 Å². The van der Waals surface area contributed by atoms with E-state index in [2.05, 4.69) is 31.9 Å². The van der Waals surface area contributed by atoms with Gasteiger partial charge in [0.15, 0.2) is 0 Å². The number of sulfonamides is 1. The zero-order chi connectivity index (χ0) is 14.3. The summed E-state index contributed by atoms with van der Waals surface area (Å²) in [4.78, 5) is 0.373. The van der Waals surface area contributed by atoms with Crippen LogP contribution in [0.2, 0.25) is 0 Å². The molecule has 1 aliphatic heterocycles. The lowest BCUT2D eigenvalue weighted by atomic mass is 9.86. The van der Waals surface area contributed by atoms with E-state index < -0.39 is 10.0 Å². The van der Waals surface area contributed by atoms with E-state index >= 15 is 0 Å². The molecule has 1 aromatic carbocycles. The van der Waals surface area contributed by atoms with Crippen molar-refractivity contribution in [3.63, 3.8) is 0 Å². The number of nitrogens with zero attached hydrogens (tertiary/aromatic N) is 1. The fraction of sp³-hybridized carbons (Fsp3) is 0.571. The van der Waals surface area contributed by atoms with Gasteiger partial charge in [-0.3, -0.25) is 0 Å². The van der Waals surface area contributed by atoms with Gasteiger partial charge in [0.25, 0.3) is 0 Å². The Kier molecular flexibility index (Phi) is 4.28. The highest BCUT2D eigenvalue weighted by Gasteiger charge is 2.42. The van der Waals surface area contributed by atoms with Crippen LogP contribution in [0.4, 0.5) is 0 Å². The molecule has 6 heteroatoms. The second kappa shape index (κ2) is 5.71. The van der Waals surface area contributed by atoms with E-state index in [1.807, 2.05) is 6.07 Å². The van der Waals surface area contributed by atoms with Gasteiger partial charge in [0.05, 0.1) is 4.90 Å². The maximum Gasteiger partial charge on any atom is 0.244 e. The molecule has 1 aromatic rings. The minimum atomic E-state index is -3.41. The predicted octanol–water partition coefficient (Wildman–Crippen LogP) is 4.16. The molecule has 0 spiro atoms. The van der Waals surface area contributed by atoms with Gasteiger partial charge in [-0.1, -0.05) is 28.8 Å². The Morgan fingerprint density at radius 1 is 1.10 bits per heavy atom. The molecule has 0 amide bonds. The molecule has 0 aromatic heterocycles. The number of hydrogen-bond donors (Lipinski definition) is 0. The van der Waals surface area contributed by atoms with Crippen LogP contribution in [0.1, 0.15) is 32.1 Å². The molecule has 1 heterocycles. The Morgan fingerprint density at radius 2 is 1.85 bits per heavy atom. The van der Waals surface area contributed by atoms with Crippen LogP contribution in [0.3, 0.4) is 0 Å². The maximum absolute atomic E-state index is 12.9. The number of fused-ring (bicyclic) bond motifs is 1. The van der Waals surface area contributed by atoms with Crippen molar-refractivity contribution >= 4 is 41.9 Å². The van der Waals surface area contributed by atoms with E-state index in [4.69, 9.17) is 0 Å². The number of rotatable bonds is 2. The molecule has 1 saturated heterocycles. The highest BCUT2D eigenvalue weighted by Crippen LogP contribution is 2.40. The van der Waals surface area contributed by atoms with Crippen LogP contribution in [0, 0.1) is 5.92 Å². The van der Waals surface area contributed by atoms with Gasteiger partial charge in [0.2, 0.25) is 10.0 Å². The van der Waals surface area contributed by atoms with Crippen LogP contribution in [0.15, 0.2) is 32.0 Å². The van der Waals surface area contributed by atoms with Crippen molar-refractivity contribution in [3.05, 3.63) is 27.1 Å². The first-order chi connectivity index (χ1) is 9.50. The Labute approximate surface area is 137 Å². The van der Waals surface area contributed by atoms with Crippen LogP contribution < -0.4 is 0 Å². The summed E-state index contributed by atoms with van der Waals surface area (Å²) in [5.74, 6) is 0.560. The zero-order valence-corrected chi connectivity index (χ0v) is 15.0. The molecule has 2 unspecified atom stereocenters. The minimum absolute atomic E-state index is 0.208. The Morgan fingerprint density at radius 3 is 2.65 bits per heavy atom. The summed E-state index contributed by atoms with van der Waals surface area (Å²) in [7, 11) is -3.41. The lowest BCUT2D eigenvalue weighted by molar-refractivity contribution is 0.260. The lowest BCUT2D eigenvalue weighted by Crippen LogP contribution is -2.39. The SMILES string of the molecule is O=S(=O)(c1cc(Br)ccc1Br)N1CCC2CCCCC21. The number of hydrogen-bond acceptors (Lipinski definition) is 2. The smallest absolute Gasteiger partial charge is 0.207 e. The van der Waals surface area contributed by atoms with E-state index in [1.54, 1.807) is 16.4 Å². The summed E-state index contributed by atoms with van der Waals surface area (Å²) < 4.78 is 29.0. The molecule has 2 fully saturated rings. The van der Waals surface area contributed by atoms with Crippen LogP contribution in [0.25, 0.3) is 0 Å². The van der Waals surface area contributed by atoms with Crippen molar-refractivity contribution < 1.29 is 8.42 Å². The monoisotopic (exact) mass is 421 g/mol. The summed E-state index contributed by atoms with van der Waals surface area (Å²) in [5.41, 5.74) is 0. The van der Waals surface area contributed by atoms with Gasteiger partial charge < -0.3 is 0 Å². The van der Waals surface area contributed by atoms with Gasteiger partial charge in [-0.05, 0) is 59.3 Å². The highest BCUT2D eigenvalue weighted by molar-refractivity contribution is 9.11. The highest BCUT2D eigenvalue weighted by atomic mass is 79.9. The van der Waals surface area contributed by atoms with Gasteiger partial charge in [0.1, 0.15) is 0 Å². The molecule has 3 nitrogen and oxygen atoms in total. The Balaban J connectivity index is 1.97. The quantitative estimate of drug-likeness (QED) is 0.717. The van der Waals surface area contributed by atoms with E-state index in [-0.39, 0.29) is 6.04 Å². The predicted molar refractivity (Wildman–Crippen MR) is 86.1 cm³/mol. The molecule has 20 heavy (non-hydrogen) atoms. The van der Waals surface area contributed by atoms with Crippen molar-refractivity contribution in [2.24, 2.45) is 5.92 Å². The van der Waals surface area contributed by atoms with E-state index in [1.165, 1.54) is 12.8 Å². The molecule has 2 aliphatic rings. The third-order valence-corrected chi connectivity index (χ3v) is 7.85. The van der Waals surface area contributed by atoms with E-state index in [0.717, 1.165) is 23.7 Å². The topological polar surface area (TPSA) is 37.4 Å². The summed E-state index contributed by atoms with van der Waals surface area (Å²) in [6.07, 6.45) is 5.59. The molecule has 0 N–H and O–H groups in total. The summed E-state index contributed by atoms with van der Waals surface area (Å²) in [5, 5.41) is 0. The second-order valence-electron chi connectivity index (χ2n) is 5.59. The Bertz CT molecular complexity index is 618. The van der Waals surface area contributed by atoms with Gasteiger partial charge in [-0.15, -0.1) is 0 Å². The van der Waals surface area contributed by atoms with E-state index in [9.17, 15) is 8.42 Å². The average molecular weight is 423 g/mol. The van der Waals surface area contributed by atoms with Crippen LogP contribution in [-0.2, 0) is 10.0 Å². The third kappa shape index (κ3) is 2.60. The molecule has 0 bridgehead atoms. The molecular weight excluding hydrogens is 406 g/mol. The van der Waals surface area contributed by atoms with Gasteiger partial charge >= 0.3 is 0 Å². The number of benzene rings is 1. The molecule has 1 saturated carbocycles. The maximum atomic E-state index is 12.9. The molecule has 3 rings (SSSR count). The minimum Gasteiger partial charge on any atom is -0.207 e. The summed E-state index contributed by atoms with van der Waals surface area (Å²) in [6.45, 7) is 0.663. The van der Waals surface area contributed by atoms with Crippen molar-refractivity contribution in [1.29, 1.82) is 0 Å². The first-order valence-electron chi connectivity index (χ1n) is 6.97. The molecule has 1 aliphatic carbocycles. The summed E-state index contributed by atoms with van der Waals surface area (Å²) in [6, 6.07) is 5.52. The van der Waals surface area contributed by atoms with Gasteiger partial charge in [-0.25, -0.2) is 8.42 Å². The van der Waals surface area contributed by atoms with Crippen molar-refractivity contribution in [1.82, 2.24) is 4.31 Å². The first-order valence-corrected chi connectivity index (χ1v) is 9.99. The third-order valence-electron chi connectivity index (χ3n) is 4.44. The standard InChI is InChI=1S/C14H17Br2NO2S/c15-11-5-6-12(16)14(9-11)20(18,19)17-8-7-10-3-1-2-4-13(10)17/h5-6,9-10,13H,1-4,7-8H2. The normalized spacial score (nSPS) is 27.5. The van der Waals surface area contributed by atoms with E-state index in [0.29, 0.717) is 21.8 Å². The largest absolute Gasteiger partial charge is 0.244 e. The van der Waals surface area contributed by atoms with Crippen LogP contribution in [0.5, 0.6) is 0 Å². The summed E-state index contributed by atoms with van der Waals surface area (Å²) >= 11 is 6.74. The van der Waals surface area contributed by atoms with Crippen molar-refractivity contribution in [2.75, 3.05) is 6.54 Å². The first kappa shape index (κ1) is 15.0. The lowest BCUT2D eigenvalue weighted by Gasteiger charge is -2.31. The van der Waals surface area contributed by atoms with Crippen molar-refractivity contribution in [2.45, 2.75) is 43.0 Å². The second-order valence-corrected chi connectivity index (χ2v) is 9.22.